The second-order valence-electron chi connectivity index (χ2n) is 5.87. The Morgan fingerprint density at radius 1 is 1.52 bits per heavy atom. The van der Waals surface area contributed by atoms with Crippen molar-refractivity contribution in [2.75, 3.05) is 19.4 Å². The first-order valence-corrected chi connectivity index (χ1v) is 12.5. The molecule has 1 saturated heterocycles. The molecule has 0 unspecified atom stereocenters. The molecule has 2 rings (SSSR count). The summed E-state index contributed by atoms with van der Waals surface area (Å²) in [6, 6.07) is 0. The number of nitrogens with two attached hydrogens (primary N) is 1. The van der Waals surface area contributed by atoms with Gasteiger partial charge >= 0.3 is 13.5 Å². The first-order chi connectivity index (χ1) is 13.6. The standard InChI is InChI=1S/C15H22N3O8PS2/c1-9(29-28-2)25-11-6-13(26-12(11)8-24-27(21,22)23)18-7-10(4-3-5-16)14(19)17-15(18)20/h7,9,11-13H,5-6,8,16H2,1-2H3,(H,17,19,20)(H2,21,22,23)/t9-,11+,12+,13+/m0/s1. The Morgan fingerprint density at radius 2 is 2.24 bits per heavy atom. The number of phosphoric ester groups is 1. The molecular formula is C15H22N3O8PS2. The highest BCUT2D eigenvalue weighted by atomic mass is 33.1. The van der Waals surface area contributed by atoms with Crippen LogP contribution in [0.2, 0.25) is 0 Å². The highest BCUT2D eigenvalue weighted by Gasteiger charge is 2.40. The van der Waals surface area contributed by atoms with Crippen LogP contribution >= 0.6 is 29.4 Å². The first-order valence-electron chi connectivity index (χ1n) is 8.39. The van der Waals surface area contributed by atoms with Gasteiger partial charge in [0, 0.05) is 12.6 Å². The van der Waals surface area contributed by atoms with E-state index in [1.165, 1.54) is 27.8 Å². The van der Waals surface area contributed by atoms with Crippen molar-refractivity contribution in [3.63, 3.8) is 0 Å². The van der Waals surface area contributed by atoms with Crippen molar-refractivity contribution < 1.29 is 28.3 Å². The zero-order valence-electron chi connectivity index (χ0n) is 15.6. The van der Waals surface area contributed by atoms with Gasteiger partial charge in [-0.25, -0.2) is 9.36 Å². The van der Waals surface area contributed by atoms with Crippen molar-refractivity contribution in [1.82, 2.24) is 9.55 Å². The van der Waals surface area contributed by atoms with E-state index >= 15 is 0 Å². The van der Waals surface area contributed by atoms with Crippen LogP contribution in [0.25, 0.3) is 0 Å². The molecule has 0 aromatic carbocycles. The molecule has 11 nitrogen and oxygen atoms in total. The largest absolute Gasteiger partial charge is 0.469 e. The summed E-state index contributed by atoms with van der Waals surface area (Å²) in [7, 11) is -1.76. The van der Waals surface area contributed by atoms with Gasteiger partial charge in [-0.2, -0.15) is 0 Å². The zero-order chi connectivity index (χ0) is 21.6. The molecule has 4 atom stereocenters. The molecule has 2 heterocycles. The monoisotopic (exact) mass is 467 g/mol. The minimum atomic E-state index is -4.71. The normalized spacial score (nSPS) is 22.9. The molecule has 1 fully saturated rings. The van der Waals surface area contributed by atoms with E-state index in [0.29, 0.717) is 0 Å². The molecule has 0 spiro atoms. The average molecular weight is 467 g/mol. The van der Waals surface area contributed by atoms with Crippen LogP contribution in [0, 0.1) is 11.8 Å². The van der Waals surface area contributed by atoms with Crippen molar-refractivity contribution in [3.8, 4) is 11.8 Å². The van der Waals surface area contributed by atoms with Crippen LogP contribution < -0.4 is 17.0 Å². The van der Waals surface area contributed by atoms with Crippen molar-refractivity contribution in [2.45, 2.75) is 37.2 Å². The van der Waals surface area contributed by atoms with Crippen molar-refractivity contribution in [3.05, 3.63) is 32.6 Å². The predicted octanol–water partition coefficient (Wildman–Crippen LogP) is -0.0140. The lowest BCUT2D eigenvalue weighted by atomic mass is 10.2. The van der Waals surface area contributed by atoms with E-state index in [1.807, 2.05) is 13.2 Å². The predicted molar refractivity (Wildman–Crippen MR) is 109 cm³/mol. The van der Waals surface area contributed by atoms with Gasteiger partial charge in [0.1, 0.15) is 23.3 Å². The number of H-pyrrole nitrogens is 1. The molecular weight excluding hydrogens is 445 g/mol. The van der Waals surface area contributed by atoms with E-state index in [1.54, 1.807) is 0 Å². The minimum Gasteiger partial charge on any atom is -0.361 e. The molecule has 0 saturated carbocycles. The summed E-state index contributed by atoms with van der Waals surface area (Å²) in [6.45, 7) is 1.43. The van der Waals surface area contributed by atoms with E-state index in [9.17, 15) is 14.2 Å². The lowest BCUT2D eigenvalue weighted by Crippen LogP contribution is -2.33. The maximum Gasteiger partial charge on any atom is 0.469 e. The molecule has 29 heavy (non-hydrogen) atoms. The van der Waals surface area contributed by atoms with Gasteiger partial charge in [-0.05, 0) is 13.2 Å². The van der Waals surface area contributed by atoms with Crippen molar-refractivity contribution in [2.24, 2.45) is 5.73 Å². The number of rotatable bonds is 8. The lowest BCUT2D eigenvalue weighted by Gasteiger charge is -2.22. The number of nitrogens with zero attached hydrogens (tertiary/aromatic N) is 1. The Morgan fingerprint density at radius 3 is 2.86 bits per heavy atom. The number of aromatic amines is 1. The number of hydrogen-bond donors (Lipinski definition) is 4. The van der Waals surface area contributed by atoms with Gasteiger partial charge in [-0.3, -0.25) is 18.9 Å². The molecule has 0 amide bonds. The second-order valence-corrected chi connectivity index (χ2v) is 9.88. The maximum absolute atomic E-state index is 12.3. The summed E-state index contributed by atoms with van der Waals surface area (Å²) < 4.78 is 28.4. The number of aromatic nitrogens is 2. The summed E-state index contributed by atoms with van der Waals surface area (Å²) in [4.78, 5) is 44.2. The lowest BCUT2D eigenvalue weighted by molar-refractivity contribution is -0.0634. The minimum absolute atomic E-state index is 0.0392. The number of phosphoric acid groups is 1. The first kappa shape index (κ1) is 24.2. The third kappa shape index (κ3) is 7.29. The second kappa shape index (κ2) is 10.8. The van der Waals surface area contributed by atoms with Gasteiger partial charge < -0.3 is 25.0 Å². The molecule has 1 aromatic rings. The van der Waals surface area contributed by atoms with Crippen LogP contribution in [-0.4, -0.2) is 56.4 Å². The van der Waals surface area contributed by atoms with Gasteiger partial charge in [-0.15, -0.1) is 0 Å². The molecule has 0 bridgehead atoms. The third-order valence-electron chi connectivity index (χ3n) is 3.79. The van der Waals surface area contributed by atoms with Crippen LogP contribution in [-0.2, 0) is 18.6 Å². The number of nitrogens with one attached hydrogen (secondary N) is 1. The summed E-state index contributed by atoms with van der Waals surface area (Å²) in [6.07, 6.45) is 1.06. The molecule has 14 heteroatoms. The summed E-state index contributed by atoms with van der Waals surface area (Å²) >= 11 is 0. The number of hydrogen-bond acceptors (Lipinski definition) is 9. The Balaban J connectivity index is 2.28. The zero-order valence-corrected chi connectivity index (χ0v) is 18.2. The fraction of sp³-hybridized carbons (Fsp3) is 0.600. The fourth-order valence-electron chi connectivity index (χ4n) is 2.67. The van der Waals surface area contributed by atoms with Gasteiger partial charge in [0.05, 0.1) is 19.3 Å². The third-order valence-corrected chi connectivity index (χ3v) is 6.24. The Hall–Kier alpha value is -1.07. The van der Waals surface area contributed by atoms with E-state index in [0.717, 1.165) is 4.57 Å². The van der Waals surface area contributed by atoms with E-state index in [2.05, 4.69) is 21.3 Å². The molecule has 162 valence electrons. The summed E-state index contributed by atoms with van der Waals surface area (Å²) in [5.41, 5.74) is 3.76. The molecule has 5 N–H and O–H groups in total. The van der Waals surface area contributed by atoms with Crippen LogP contribution in [0.5, 0.6) is 0 Å². The van der Waals surface area contributed by atoms with Crippen LogP contribution in [0.4, 0.5) is 0 Å². The van der Waals surface area contributed by atoms with E-state index in [-0.39, 0.29) is 24.0 Å². The average Bonchev–Trinajstić information content (AvgIpc) is 3.01. The highest BCUT2D eigenvalue weighted by molar-refractivity contribution is 8.76. The van der Waals surface area contributed by atoms with Crippen LogP contribution in [0.15, 0.2) is 15.8 Å². The van der Waals surface area contributed by atoms with Gasteiger partial charge in [0.15, 0.2) is 0 Å². The van der Waals surface area contributed by atoms with Gasteiger partial charge in [0.25, 0.3) is 5.56 Å². The summed E-state index contributed by atoms with van der Waals surface area (Å²) in [5, 5.41) is 0. The van der Waals surface area contributed by atoms with Crippen molar-refractivity contribution >= 4 is 29.4 Å². The van der Waals surface area contributed by atoms with Gasteiger partial charge in [0.2, 0.25) is 0 Å². The van der Waals surface area contributed by atoms with Crippen LogP contribution in [0.3, 0.4) is 0 Å². The SMILES string of the molecule is CSS[C@@H](C)O[C@@H]1C[C@H](n2cc(C#CCN)c(=O)[nH]c2=O)O[C@@H]1COP(=O)(O)O. The van der Waals surface area contributed by atoms with E-state index < -0.39 is 44.1 Å². The van der Waals surface area contributed by atoms with Crippen LogP contribution in [0.1, 0.15) is 25.1 Å². The topological polar surface area (TPSA) is 166 Å². The summed E-state index contributed by atoms with van der Waals surface area (Å²) in [5.74, 6) is 5.12. The smallest absolute Gasteiger partial charge is 0.361 e. The highest BCUT2D eigenvalue weighted by Crippen LogP contribution is 2.39. The fourth-order valence-corrected chi connectivity index (χ4v) is 4.42. The van der Waals surface area contributed by atoms with Crippen molar-refractivity contribution in [1.29, 1.82) is 0 Å². The van der Waals surface area contributed by atoms with E-state index in [4.69, 9.17) is 25.0 Å². The Kier molecular flexibility index (Phi) is 9.02. The Bertz CT molecular complexity index is 921. The number of ether oxygens (including phenoxy) is 2. The maximum atomic E-state index is 12.3. The molecule has 0 radical (unpaired) electrons. The molecule has 0 aliphatic carbocycles. The molecule has 1 aromatic heterocycles. The molecule has 1 aliphatic rings. The van der Waals surface area contributed by atoms with Gasteiger partial charge in [-0.1, -0.05) is 33.4 Å². The quantitative estimate of drug-likeness (QED) is 0.176. The molecule has 1 aliphatic heterocycles. The Labute approximate surface area is 174 Å².